The zero-order chi connectivity index (χ0) is 51.5. The summed E-state index contributed by atoms with van der Waals surface area (Å²) < 4.78 is 77.1. The van der Waals surface area contributed by atoms with Crippen molar-refractivity contribution in [3.05, 3.63) is 80.5 Å². The van der Waals surface area contributed by atoms with Crippen LogP contribution in [0.25, 0.3) is 20.4 Å². The van der Waals surface area contributed by atoms with Gasteiger partial charge in [0.2, 0.25) is 23.7 Å². The van der Waals surface area contributed by atoms with Gasteiger partial charge in [-0.3, -0.25) is 14.4 Å². The Morgan fingerprint density at radius 2 is 1.22 bits per heavy atom. The van der Waals surface area contributed by atoms with E-state index in [-0.39, 0.29) is 38.4 Å². The largest absolute Gasteiger partial charge is 0.393 e. The molecule has 12 rings (SSSR count). The number of amides is 2. The molecule has 2 aliphatic carbocycles. The smallest absolute Gasteiger partial charge is 0.357 e. The summed E-state index contributed by atoms with van der Waals surface area (Å²) in [6.45, 7) is 4.16. The monoisotopic (exact) mass is 1050 g/mol. The SMILES string of the molecule is CNc1nc(N2CC3(CCC(N)C3)C2)c2cc(CC(F)(F)F)sc2n1.CNc1nc(N2CC3(CCC(NCc4ccc5c(c4)NC(=O)C5)C3)C2)c2cc(CC(F)(F)F)sc2n1.O=Cc1ccc2c(c1)NC(=O)C2. The molecule has 4 aromatic heterocycles. The van der Waals surface area contributed by atoms with Crippen molar-refractivity contribution in [2.24, 2.45) is 16.6 Å². The van der Waals surface area contributed by atoms with Crippen LogP contribution in [0.5, 0.6) is 0 Å². The van der Waals surface area contributed by atoms with Gasteiger partial charge in [0.05, 0.1) is 36.5 Å². The average molecular weight is 1050 g/mol. The second-order valence-electron chi connectivity index (χ2n) is 20.2. The van der Waals surface area contributed by atoms with E-state index in [0.717, 1.165) is 140 Å². The molecular weight excluding hydrogens is 995 g/mol. The number of rotatable bonds is 10. The maximum Gasteiger partial charge on any atom is 0.393 e. The third-order valence-corrected chi connectivity index (χ3v) is 16.5. The molecule has 8 heterocycles. The summed E-state index contributed by atoms with van der Waals surface area (Å²) in [5, 5.41) is 16.5. The van der Waals surface area contributed by atoms with E-state index in [1.807, 2.05) is 6.07 Å². The fourth-order valence-electron chi connectivity index (χ4n) is 11.2. The van der Waals surface area contributed by atoms with Gasteiger partial charge in [0.15, 0.2) is 0 Å². The van der Waals surface area contributed by atoms with E-state index in [2.05, 4.69) is 68.5 Å². The van der Waals surface area contributed by atoms with Gasteiger partial charge in [0.1, 0.15) is 27.6 Å². The number of halogens is 6. The van der Waals surface area contributed by atoms with E-state index < -0.39 is 25.2 Å². The number of aldehydes is 1. The number of nitrogens with zero attached hydrogens (tertiary/aromatic N) is 6. The molecule has 2 saturated carbocycles. The molecule has 4 fully saturated rings. The van der Waals surface area contributed by atoms with Gasteiger partial charge in [-0.1, -0.05) is 24.3 Å². The molecule has 7 N–H and O–H groups in total. The lowest BCUT2D eigenvalue weighted by Gasteiger charge is -2.49. The Bertz CT molecular complexity index is 3090. The number of nitrogens with one attached hydrogen (secondary N) is 5. The van der Waals surface area contributed by atoms with Crippen LogP contribution < -0.4 is 42.1 Å². The van der Waals surface area contributed by atoms with Crippen LogP contribution in [0.2, 0.25) is 0 Å². The molecule has 23 heteroatoms. The molecule has 2 atom stereocenters. The van der Waals surface area contributed by atoms with Gasteiger partial charge in [-0.15, -0.1) is 22.7 Å². The number of anilines is 6. The average Bonchev–Trinajstić information content (AvgIpc) is 4.18. The summed E-state index contributed by atoms with van der Waals surface area (Å²) in [6, 6.07) is 15.2. The Labute approximate surface area is 424 Å². The van der Waals surface area contributed by atoms with Gasteiger partial charge >= 0.3 is 12.4 Å². The molecule has 0 radical (unpaired) electrons. The first-order valence-electron chi connectivity index (χ1n) is 24.1. The minimum atomic E-state index is -4.25. The number of hydrogen-bond donors (Lipinski definition) is 6. The van der Waals surface area contributed by atoms with E-state index in [0.29, 0.717) is 56.8 Å². The van der Waals surface area contributed by atoms with Gasteiger partial charge in [-0.05, 0) is 79.5 Å². The summed E-state index contributed by atoms with van der Waals surface area (Å²) in [7, 11) is 3.43. The van der Waals surface area contributed by atoms with Crippen LogP contribution in [-0.4, -0.2) is 103 Å². The molecule has 386 valence electrons. The van der Waals surface area contributed by atoms with Gasteiger partial charge < -0.3 is 42.1 Å². The van der Waals surface area contributed by atoms with Gasteiger partial charge in [-0.25, -0.2) is 9.97 Å². The first-order chi connectivity index (χ1) is 34.7. The molecule has 2 saturated heterocycles. The fraction of sp³-hybridized carbons (Fsp3) is 0.460. The Kier molecular flexibility index (Phi) is 13.5. The lowest BCUT2D eigenvalue weighted by atomic mass is 9.78. The number of carbonyl (C=O) groups is 3. The Balaban J connectivity index is 0.000000142. The quantitative estimate of drug-likeness (QED) is 0.0565. The highest BCUT2D eigenvalue weighted by molar-refractivity contribution is 7.19. The fourth-order valence-corrected chi connectivity index (χ4v) is 13.3. The van der Waals surface area contributed by atoms with Crippen LogP contribution in [0.15, 0.2) is 48.5 Å². The molecule has 6 aromatic rings. The molecular formula is C50H54F6N12O3S2. The van der Waals surface area contributed by atoms with Crippen molar-refractivity contribution in [3.63, 3.8) is 0 Å². The maximum atomic E-state index is 13.0. The highest BCUT2D eigenvalue weighted by Gasteiger charge is 2.50. The van der Waals surface area contributed by atoms with Crippen LogP contribution in [0.4, 0.5) is 61.2 Å². The summed E-state index contributed by atoms with van der Waals surface area (Å²) in [6.07, 6.45) is -2.28. The highest BCUT2D eigenvalue weighted by atomic mass is 32.1. The summed E-state index contributed by atoms with van der Waals surface area (Å²) in [5.41, 5.74) is 11.9. The van der Waals surface area contributed by atoms with Gasteiger partial charge in [0, 0.05) is 96.4 Å². The van der Waals surface area contributed by atoms with Crippen LogP contribution in [0, 0.1) is 10.8 Å². The standard InChI is InChI=1S/C25H27F3N6OS.C16H20F3N5S.C9H7NO2/c1-29-23-32-21(18-8-17(10-25(26,27)28)36-22(18)33-23)34-12-24(13-34)5-4-16(9-24)30-11-14-2-3-15-7-20(35)31-19(15)6-14;1-21-14-22-12(24-7-15(8-24)3-2-9(20)5-15)11-4-10(6-16(17,18)19)25-13(11)23-14;11-5-6-1-2-7-4-9(12)10-8(7)3-6/h2-3,6,8,16,30H,4-5,7,9-13H2,1H3,(H,31,35)(H,29,32,33);4,9H,2-3,5-8,20H2,1H3,(H,21,22,23);1-3,5H,4H2,(H,10,12). The molecule has 2 aromatic carbocycles. The molecule has 0 bridgehead atoms. The van der Waals surface area contributed by atoms with Crippen molar-refractivity contribution in [1.29, 1.82) is 0 Å². The van der Waals surface area contributed by atoms with Gasteiger partial charge in [-0.2, -0.15) is 36.3 Å². The number of carbonyl (C=O) groups excluding carboxylic acids is 3. The van der Waals surface area contributed by atoms with Crippen LogP contribution in [0.1, 0.15) is 75.3 Å². The zero-order valence-electron chi connectivity index (χ0n) is 40.0. The Morgan fingerprint density at radius 1 is 0.712 bits per heavy atom. The zero-order valence-corrected chi connectivity index (χ0v) is 41.7. The molecule has 2 unspecified atom stereocenters. The third kappa shape index (κ3) is 11.2. The molecule has 2 amide bonds. The number of alkyl halides is 6. The second-order valence-corrected chi connectivity index (χ2v) is 22.4. The predicted octanol–water partition coefficient (Wildman–Crippen LogP) is 8.63. The topological polar surface area (TPSA) is 195 Å². The van der Waals surface area contributed by atoms with E-state index in [1.54, 1.807) is 44.4 Å². The lowest BCUT2D eigenvalue weighted by Crippen LogP contribution is -2.56. The first kappa shape index (κ1) is 50.4. The Hall–Kier alpha value is -6.17. The molecule has 15 nitrogen and oxygen atoms in total. The molecule has 73 heavy (non-hydrogen) atoms. The minimum Gasteiger partial charge on any atom is -0.357 e. The molecule has 4 aliphatic heterocycles. The molecule has 6 aliphatic rings. The van der Waals surface area contributed by atoms with Crippen molar-refractivity contribution < 1.29 is 40.7 Å². The van der Waals surface area contributed by atoms with Crippen molar-refractivity contribution in [2.45, 2.75) is 95.2 Å². The Morgan fingerprint density at radius 3 is 1.71 bits per heavy atom. The number of thiophene rings is 2. The highest BCUT2D eigenvalue weighted by Crippen LogP contribution is 2.50. The van der Waals surface area contributed by atoms with Crippen molar-refractivity contribution >= 4 is 96.1 Å². The van der Waals surface area contributed by atoms with Crippen molar-refractivity contribution in [3.8, 4) is 0 Å². The van der Waals surface area contributed by atoms with E-state index in [1.165, 1.54) is 0 Å². The van der Waals surface area contributed by atoms with Crippen molar-refractivity contribution in [1.82, 2.24) is 25.3 Å². The number of aromatic nitrogens is 4. The predicted molar refractivity (Wildman–Crippen MR) is 272 cm³/mol. The lowest BCUT2D eigenvalue weighted by molar-refractivity contribution is -0.127. The van der Waals surface area contributed by atoms with E-state index in [4.69, 9.17) is 5.73 Å². The third-order valence-electron chi connectivity index (χ3n) is 14.5. The number of hydrogen-bond acceptors (Lipinski definition) is 15. The maximum absolute atomic E-state index is 13.0. The van der Waals surface area contributed by atoms with E-state index in [9.17, 15) is 40.7 Å². The second kappa shape index (κ2) is 19.6. The number of fused-ring (bicyclic) bond motifs is 4. The number of benzene rings is 2. The first-order valence-corrected chi connectivity index (χ1v) is 25.8. The van der Waals surface area contributed by atoms with Crippen LogP contribution in [0.3, 0.4) is 0 Å². The summed E-state index contributed by atoms with van der Waals surface area (Å²) in [4.78, 5) is 56.8. The normalized spacial score (nSPS) is 20.2. The van der Waals surface area contributed by atoms with Crippen molar-refractivity contribution in [2.75, 3.05) is 71.3 Å². The summed E-state index contributed by atoms with van der Waals surface area (Å²) >= 11 is 2.17. The summed E-state index contributed by atoms with van der Waals surface area (Å²) in [5.74, 6) is 2.35. The van der Waals surface area contributed by atoms with Crippen LogP contribution in [-0.2, 0) is 41.8 Å². The molecule has 2 spiro atoms. The number of nitrogens with two attached hydrogens (primary N) is 1. The van der Waals surface area contributed by atoms with E-state index >= 15 is 0 Å². The minimum absolute atomic E-state index is 0.00644. The van der Waals surface area contributed by atoms with Crippen LogP contribution >= 0.6 is 22.7 Å². The van der Waals surface area contributed by atoms with Gasteiger partial charge in [0.25, 0.3) is 0 Å².